The van der Waals surface area contributed by atoms with E-state index < -0.39 is 10.1 Å². The molecular formula is C26H46O3S. The smallest absolute Gasteiger partial charge is 0.264 e. The average Bonchev–Trinajstić information content (AvgIpc) is 2.72. The van der Waals surface area contributed by atoms with Crippen LogP contribution < -0.4 is 0 Å². The predicted octanol–water partition coefficient (Wildman–Crippen LogP) is 8.14. The van der Waals surface area contributed by atoms with Crippen molar-refractivity contribution in [3.8, 4) is 0 Å². The molecule has 1 rings (SSSR count). The Morgan fingerprint density at radius 1 is 0.500 bits per heavy atom. The molecule has 0 heterocycles. The molecule has 0 saturated carbocycles. The van der Waals surface area contributed by atoms with Crippen LogP contribution in [0.1, 0.15) is 121 Å². The molecule has 0 radical (unpaired) electrons. The molecule has 1 aromatic carbocycles. The highest BCUT2D eigenvalue weighted by molar-refractivity contribution is 7.85. The highest BCUT2D eigenvalue weighted by atomic mass is 32.2. The van der Waals surface area contributed by atoms with Crippen LogP contribution in [0.3, 0.4) is 0 Å². The number of aryl methyl sites for hydroxylation is 1. The Bertz CT molecular complexity index is 584. The van der Waals surface area contributed by atoms with Crippen molar-refractivity contribution < 1.29 is 13.0 Å². The monoisotopic (exact) mass is 438 g/mol. The minimum Gasteiger partial charge on any atom is -0.286 e. The summed E-state index contributed by atoms with van der Waals surface area (Å²) in [7, 11) is -3.76. The molecule has 0 aliphatic rings. The molecule has 3 nitrogen and oxygen atoms in total. The molecule has 30 heavy (non-hydrogen) atoms. The summed E-state index contributed by atoms with van der Waals surface area (Å²) >= 11 is 0. The molecule has 0 unspecified atom stereocenters. The van der Waals surface area contributed by atoms with Crippen LogP contribution in [0, 0.1) is 0 Å². The average molecular weight is 439 g/mol. The van der Waals surface area contributed by atoms with Crippen molar-refractivity contribution in [3.63, 3.8) is 0 Å². The quantitative estimate of drug-likeness (QED) is 0.156. The normalized spacial score (nSPS) is 11.8. The van der Waals surface area contributed by atoms with Crippen LogP contribution in [0.15, 0.2) is 30.3 Å². The molecule has 0 aliphatic heterocycles. The minimum absolute atomic E-state index is 0.0816. The third-order valence-electron chi connectivity index (χ3n) is 5.96. The molecule has 1 aromatic rings. The van der Waals surface area contributed by atoms with Gasteiger partial charge in [-0.3, -0.25) is 4.55 Å². The summed E-state index contributed by atoms with van der Waals surface area (Å²) in [5.41, 5.74) is 1.48. The van der Waals surface area contributed by atoms with E-state index in [1.165, 1.54) is 108 Å². The number of benzene rings is 1. The zero-order valence-corrected chi connectivity index (χ0v) is 20.0. The van der Waals surface area contributed by atoms with Gasteiger partial charge in [0.2, 0.25) is 0 Å². The Morgan fingerprint density at radius 3 is 1.20 bits per heavy atom. The third-order valence-corrected chi connectivity index (χ3v) is 6.77. The summed E-state index contributed by atoms with van der Waals surface area (Å²) in [4.78, 5) is 0. The maximum atomic E-state index is 10.6. The summed E-state index contributed by atoms with van der Waals surface area (Å²) in [6.07, 6.45) is 24.2. The van der Waals surface area contributed by atoms with E-state index in [1.54, 1.807) is 0 Å². The van der Waals surface area contributed by atoms with Crippen LogP contribution in [0.2, 0.25) is 0 Å². The highest BCUT2D eigenvalue weighted by Gasteiger charge is 2.02. The summed E-state index contributed by atoms with van der Waals surface area (Å²) in [5.74, 6) is -0.0816. The zero-order valence-electron chi connectivity index (χ0n) is 19.2. The van der Waals surface area contributed by atoms with Gasteiger partial charge in [0, 0.05) is 0 Å². The summed E-state index contributed by atoms with van der Waals surface area (Å²) in [5, 5.41) is 0. The fourth-order valence-corrected chi connectivity index (χ4v) is 4.66. The minimum atomic E-state index is -3.76. The van der Waals surface area contributed by atoms with Gasteiger partial charge in [-0.15, -0.1) is 0 Å². The van der Waals surface area contributed by atoms with Gasteiger partial charge in [0.15, 0.2) is 0 Å². The number of hydrogen-bond acceptors (Lipinski definition) is 2. The van der Waals surface area contributed by atoms with Gasteiger partial charge in [0.1, 0.15) is 0 Å². The van der Waals surface area contributed by atoms with Crippen molar-refractivity contribution >= 4 is 10.1 Å². The number of hydrogen-bond donors (Lipinski definition) is 1. The number of rotatable bonds is 21. The first-order valence-corrected chi connectivity index (χ1v) is 14.2. The van der Waals surface area contributed by atoms with Gasteiger partial charge in [0.25, 0.3) is 10.1 Å². The van der Waals surface area contributed by atoms with E-state index in [0.717, 1.165) is 12.8 Å². The van der Waals surface area contributed by atoms with Gasteiger partial charge in [-0.05, 0) is 24.8 Å². The van der Waals surface area contributed by atoms with Gasteiger partial charge in [0.05, 0.1) is 5.75 Å². The Balaban J connectivity index is 1.69. The SMILES string of the molecule is O=S(=O)(O)CCCCCCCCCCCCCCCCCCCCc1ccccc1. The van der Waals surface area contributed by atoms with Crippen molar-refractivity contribution in [1.82, 2.24) is 0 Å². The van der Waals surface area contributed by atoms with Crippen molar-refractivity contribution in [3.05, 3.63) is 35.9 Å². The van der Waals surface area contributed by atoms with Crippen molar-refractivity contribution in [2.24, 2.45) is 0 Å². The van der Waals surface area contributed by atoms with Crippen LogP contribution in [-0.2, 0) is 16.5 Å². The first-order chi connectivity index (χ1) is 14.6. The second-order valence-electron chi connectivity index (χ2n) is 8.89. The van der Waals surface area contributed by atoms with Crippen molar-refractivity contribution in [1.29, 1.82) is 0 Å². The predicted molar refractivity (Wildman–Crippen MR) is 130 cm³/mol. The molecule has 0 aliphatic carbocycles. The fraction of sp³-hybridized carbons (Fsp3) is 0.769. The highest BCUT2D eigenvalue weighted by Crippen LogP contribution is 2.15. The maximum absolute atomic E-state index is 10.6. The third kappa shape index (κ3) is 19.1. The summed E-state index contributed by atoms with van der Waals surface area (Å²) in [6, 6.07) is 10.8. The van der Waals surface area contributed by atoms with Crippen LogP contribution in [0.4, 0.5) is 0 Å². The van der Waals surface area contributed by atoms with Gasteiger partial charge < -0.3 is 0 Å². The second kappa shape index (κ2) is 18.9. The van der Waals surface area contributed by atoms with E-state index >= 15 is 0 Å². The van der Waals surface area contributed by atoms with Gasteiger partial charge >= 0.3 is 0 Å². The lowest BCUT2D eigenvalue weighted by atomic mass is 10.0. The maximum Gasteiger partial charge on any atom is 0.264 e. The first kappa shape index (κ1) is 27.2. The molecular weight excluding hydrogens is 392 g/mol. The Kier molecular flexibility index (Phi) is 17.1. The Hall–Kier alpha value is -0.870. The first-order valence-electron chi connectivity index (χ1n) is 12.6. The molecule has 1 N–H and O–H groups in total. The molecule has 0 amide bonds. The fourth-order valence-electron chi connectivity index (χ4n) is 4.09. The lowest BCUT2D eigenvalue weighted by Gasteiger charge is -2.04. The van der Waals surface area contributed by atoms with Crippen LogP contribution in [-0.4, -0.2) is 18.7 Å². The molecule has 0 saturated heterocycles. The molecule has 0 spiro atoms. The molecule has 0 bridgehead atoms. The van der Waals surface area contributed by atoms with Crippen molar-refractivity contribution in [2.75, 3.05) is 5.75 Å². The largest absolute Gasteiger partial charge is 0.286 e. The lowest BCUT2D eigenvalue weighted by molar-refractivity contribution is 0.478. The van der Waals surface area contributed by atoms with E-state index in [4.69, 9.17) is 4.55 Å². The van der Waals surface area contributed by atoms with Crippen molar-refractivity contribution in [2.45, 2.75) is 122 Å². The second-order valence-corrected chi connectivity index (χ2v) is 10.5. The van der Waals surface area contributed by atoms with E-state index in [-0.39, 0.29) is 5.75 Å². The van der Waals surface area contributed by atoms with Crippen LogP contribution >= 0.6 is 0 Å². The zero-order chi connectivity index (χ0) is 21.8. The van der Waals surface area contributed by atoms with Gasteiger partial charge in [-0.2, -0.15) is 8.42 Å². The van der Waals surface area contributed by atoms with Crippen LogP contribution in [0.25, 0.3) is 0 Å². The lowest BCUT2D eigenvalue weighted by Crippen LogP contribution is -2.03. The molecule has 174 valence electrons. The van der Waals surface area contributed by atoms with E-state index in [1.807, 2.05) is 0 Å². The van der Waals surface area contributed by atoms with E-state index in [0.29, 0.717) is 6.42 Å². The molecule has 0 aromatic heterocycles. The standard InChI is InChI=1S/C26H46O3S/c27-30(28,29)25-21-16-14-12-10-8-6-4-2-1-3-5-7-9-11-13-15-18-22-26-23-19-17-20-24-26/h17,19-20,23-24H,1-16,18,21-22,25H2,(H,27,28,29). The summed E-state index contributed by atoms with van der Waals surface area (Å²) < 4.78 is 29.9. The Morgan fingerprint density at radius 2 is 0.833 bits per heavy atom. The Labute approximate surface area is 186 Å². The summed E-state index contributed by atoms with van der Waals surface area (Å²) in [6.45, 7) is 0. The molecule has 0 fully saturated rings. The topological polar surface area (TPSA) is 54.4 Å². The molecule has 4 heteroatoms. The van der Waals surface area contributed by atoms with Crippen LogP contribution in [0.5, 0.6) is 0 Å². The number of unbranched alkanes of at least 4 members (excludes halogenated alkanes) is 17. The van der Waals surface area contributed by atoms with Gasteiger partial charge in [-0.1, -0.05) is 133 Å². The van der Waals surface area contributed by atoms with E-state index in [2.05, 4.69) is 30.3 Å². The van der Waals surface area contributed by atoms with Gasteiger partial charge in [-0.25, -0.2) is 0 Å². The molecule has 0 atom stereocenters. The van der Waals surface area contributed by atoms with E-state index in [9.17, 15) is 8.42 Å².